The molecule has 0 atom stereocenters. The molecule has 1 aromatic carbocycles. The third kappa shape index (κ3) is 2.88. The molecule has 0 unspecified atom stereocenters. The Morgan fingerprint density at radius 2 is 1.85 bits per heavy atom. The fourth-order valence-corrected chi connectivity index (χ4v) is 2.61. The summed E-state index contributed by atoms with van der Waals surface area (Å²) in [5.74, 6) is 1.14. The number of hydrogen-bond acceptors (Lipinski definition) is 5. The Labute approximate surface area is 118 Å². The molecule has 20 heavy (non-hydrogen) atoms. The van der Waals surface area contributed by atoms with Crippen molar-refractivity contribution in [3.8, 4) is 11.4 Å². The van der Waals surface area contributed by atoms with Crippen LogP contribution in [0.3, 0.4) is 0 Å². The summed E-state index contributed by atoms with van der Waals surface area (Å²) in [5.41, 5.74) is 0.776. The van der Waals surface area contributed by atoms with Crippen molar-refractivity contribution in [3.05, 3.63) is 30.1 Å². The number of rotatable bonds is 5. The predicted molar refractivity (Wildman–Crippen MR) is 74.8 cm³/mol. The van der Waals surface area contributed by atoms with Crippen molar-refractivity contribution >= 4 is 9.84 Å². The smallest absolute Gasteiger partial charge is 0.175 e. The van der Waals surface area contributed by atoms with Crippen LogP contribution in [0.25, 0.3) is 11.4 Å². The fourth-order valence-electron chi connectivity index (χ4n) is 1.98. The summed E-state index contributed by atoms with van der Waals surface area (Å²) in [7, 11) is -3.20. The molecule has 2 aromatic rings. The van der Waals surface area contributed by atoms with Crippen molar-refractivity contribution in [3.63, 3.8) is 0 Å². The molecule has 6 nitrogen and oxygen atoms in total. The van der Waals surface area contributed by atoms with Gasteiger partial charge in [0.05, 0.1) is 4.90 Å². The SMILES string of the molecule is CCCn1c(CO)nnc1-c1ccc(S(C)(=O)=O)cc1. The molecule has 0 fully saturated rings. The highest BCUT2D eigenvalue weighted by Gasteiger charge is 2.13. The molecule has 0 bridgehead atoms. The third-order valence-corrected chi connectivity index (χ3v) is 4.09. The van der Waals surface area contributed by atoms with Gasteiger partial charge in [-0.1, -0.05) is 6.92 Å². The summed E-state index contributed by atoms with van der Waals surface area (Å²) in [4.78, 5) is 0.269. The first kappa shape index (κ1) is 14.7. The van der Waals surface area contributed by atoms with E-state index in [1.165, 1.54) is 6.26 Å². The Balaban J connectivity index is 2.44. The van der Waals surface area contributed by atoms with Gasteiger partial charge in [-0.2, -0.15) is 0 Å². The maximum atomic E-state index is 11.4. The van der Waals surface area contributed by atoms with Crippen LogP contribution in [0, 0.1) is 0 Å². The van der Waals surface area contributed by atoms with Gasteiger partial charge in [0.15, 0.2) is 21.5 Å². The van der Waals surface area contributed by atoms with E-state index < -0.39 is 9.84 Å². The van der Waals surface area contributed by atoms with Crippen LogP contribution in [-0.4, -0.2) is 34.5 Å². The second-order valence-electron chi connectivity index (χ2n) is 4.55. The number of aromatic nitrogens is 3. The van der Waals surface area contributed by atoms with Gasteiger partial charge in [-0.3, -0.25) is 0 Å². The van der Waals surface area contributed by atoms with E-state index in [-0.39, 0.29) is 11.5 Å². The molecule has 0 aliphatic heterocycles. The summed E-state index contributed by atoms with van der Waals surface area (Å²) in [6, 6.07) is 6.50. The van der Waals surface area contributed by atoms with E-state index >= 15 is 0 Å². The molecule has 1 N–H and O–H groups in total. The van der Waals surface area contributed by atoms with Crippen LogP contribution in [-0.2, 0) is 23.0 Å². The minimum absolute atomic E-state index is 0.172. The summed E-state index contributed by atoms with van der Waals surface area (Å²) in [5, 5.41) is 17.3. The Kier molecular flexibility index (Phi) is 4.20. The Morgan fingerprint density at radius 3 is 2.35 bits per heavy atom. The van der Waals surface area contributed by atoms with Gasteiger partial charge in [0.25, 0.3) is 0 Å². The summed E-state index contributed by atoms with van der Waals surface area (Å²) < 4.78 is 24.7. The van der Waals surface area contributed by atoms with Gasteiger partial charge in [0.2, 0.25) is 0 Å². The van der Waals surface area contributed by atoms with Crippen molar-refractivity contribution < 1.29 is 13.5 Å². The Hall–Kier alpha value is -1.73. The first-order valence-corrected chi connectivity index (χ1v) is 8.20. The molecular weight excluding hydrogens is 278 g/mol. The summed E-state index contributed by atoms with van der Waals surface area (Å²) in [6.45, 7) is 2.55. The molecule has 0 aliphatic rings. The van der Waals surface area contributed by atoms with Crippen LogP contribution in [0.4, 0.5) is 0 Å². The maximum absolute atomic E-state index is 11.4. The second kappa shape index (κ2) is 5.72. The molecule has 1 heterocycles. The van der Waals surface area contributed by atoms with Gasteiger partial charge >= 0.3 is 0 Å². The zero-order valence-corrected chi connectivity index (χ0v) is 12.3. The lowest BCUT2D eigenvalue weighted by Crippen LogP contribution is -2.05. The molecule has 108 valence electrons. The molecule has 0 amide bonds. The predicted octanol–water partition coefficient (Wildman–Crippen LogP) is 1.25. The number of nitrogens with zero attached hydrogens (tertiary/aromatic N) is 3. The quantitative estimate of drug-likeness (QED) is 0.897. The summed E-state index contributed by atoms with van der Waals surface area (Å²) >= 11 is 0. The van der Waals surface area contributed by atoms with E-state index in [0.29, 0.717) is 18.2 Å². The van der Waals surface area contributed by atoms with E-state index in [4.69, 9.17) is 0 Å². The van der Waals surface area contributed by atoms with Crippen LogP contribution in [0.2, 0.25) is 0 Å². The lowest BCUT2D eigenvalue weighted by atomic mass is 10.2. The lowest BCUT2D eigenvalue weighted by molar-refractivity contribution is 0.264. The molecule has 2 rings (SSSR count). The zero-order chi connectivity index (χ0) is 14.8. The number of aliphatic hydroxyl groups excluding tert-OH is 1. The minimum Gasteiger partial charge on any atom is -0.388 e. The normalized spacial score (nSPS) is 11.8. The average molecular weight is 295 g/mol. The Morgan fingerprint density at radius 1 is 1.20 bits per heavy atom. The van der Waals surface area contributed by atoms with Crippen molar-refractivity contribution in [2.75, 3.05) is 6.26 Å². The first-order chi connectivity index (χ1) is 9.47. The second-order valence-corrected chi connectivity index (χ2v) is 6.56. The van der Waals surface area contributed by atoms with Crippen LogP contribution in [0.15, 0.2) is 29.2 Å². The van der Waals surface area contributed by atoms with Gasteiger partial charge in [0, 0.05) is 18.4 Å². The minimum atomic E-state index is -3.20. The zero-order valence-electron chi connectivity index (χ0n) is 11.4. The first-order valence-electron chi connectivity index (χ1n) is 6.30. The van der Waals surface area contributed by atoms with Crippen LogP contribution >= 0.6 is 0 Å². The third-order valence-electron chi connectivity index (χ3n) is 2.96. The van der Waals surface area contributed by atoms with Crippen molar-refractivity contribution in [1.82, 2.24) is 14.8 Å². The van der Waals surface area contributed by atoms with E-state index in [1.54, 1.807) is 24.3 Å². The van der Waals surface area contributed by atoms with Crippen molar-refractivity contribution in [2.45, 2.75) is 31.4 Å². The van der Waals surface area contributed by atoms with Gasteiger partial charge in [-0.25, -0.2) is 8.42 Å². The largest absolute Gasteiger partial charge is 0.388 e. The number of benzene rings is 1. The van der Waals surface area contributed by atoms with E-state index in [9.17, 15) is 13.5 Å². The van der Waals surface area contributed by atoms with Crippen molar-refractivity contribution in [2.24, 2.45) is 0 Å². The fraction of sp³-hybridized carbons (Fsp3) is 0.385. The topological polar surface area (TPSA) is 85.1 Å². The highest BCUT2D eigenvalue weighted by Crippen LogP contribution is 2.21. The summed E-state index contributed by atoms with van der Waals surface area (Å²) in [6.07, 6.45) is 2.06. The van der Waals surface area contributed by atoms with Gasteiger partial charge in [-0.15, -0.1) is 10.2 Å². The van der Waals surface area contributed by atoms with E-state index in [1.807, 2.05) is 11.5 Å². The lowest BCUT2D eigenvalue weighted by Gasteiger charge is -2.08. The van der Waals surface area contributed by atoms with Crippen LogP contribution in [0.1, 0.15) is 19.2 Å². The molecule has 0 radical (unpaired) electrons. The molecule has 0 spiro atoms. The van der Waals surface area contributed by atoms with Crippen LogP contribution < -0.4 is 0 Å². The molecule has 0 aliphatic carbocycles. The van der Waals surface area contributed by atoms with Gasteiger partial charge in [-0.05, 0) is 30.7 Å². The van der Waals surface area contributed by atoms with E-state index in [0.717, 1.165) is 12.0 Å². The average Bonchev–Trinajstić information content (AvgIpc) is 2.81. The standard InChI is InChI=1S/C13H17N3O3S/c1-3-8-16-12(9-17)14-15-13(16)10-4-6-11(7-5-10)20(2,18)19/h4-7,17H,3,8-9H2,1-2H3. The monoisotopic (exact) mass is 295 g/mol. The Bertz CT molecular complexity index is 690. The molecule has 7 heteroatoms. The molecule has 0 saturated heterocycles. The van der Waals surface area contributed by atoms with Crippen molar-refractivity contribution in [1.29, 1.82) is 0 Å². The molecule has 0 saturated carbocycles. The number of sulfone groups is 1. The van der Waals surface area contributed by atoms with E-state index in [2.05, 4.69) is 10.2 Å². The maximum Gasteiger partial charge on any atom is 0.175 e. The molecule has 1 aromatic heterocycles. The molecular formula is C13H17N3O3S. The van der Waals surface area contributed by atoms with Gasteiger partial charge < -0.3 is 9.67 Å². The van der Waals surface area contributed by atoms with Gasteiger partial charge in [0.1, 0.15) is 6.61 Å². The number of aliphatic hydroxyl groups is 1. The highest BCUT2D eigenvalue weighted by molar-refractivity contribution is 7.90. The number of hydrogen-bond donors (Lipinski definition) is 1. The van der Waals surface area contributed by atoms with Crippen LogP contribution in [0.5, 0.6) is 0 Å². The highest BCUT2D eigenvalue weighted by atomic mass is 32.2.